The van der Waals surface area contributed by atoms with E-state index in [0.29, 0.717) is 45.6 Å². The number of nitriles is 1. The molecule has 3 rings (SSSR count). The fourth-order valence-corrected chi connectivity index (χ4v) is 6.25. The minimum Gasteiger partial charge on any atom is -0.357 e. The number of thioether (sulfide) groups is 1. The van der Waals surface area contributed by atoms with Crippen molar-refractivity contribution in [2.24, 2.45) is 17.8 Å². The van der Waals surface area contributed by atoms with Gasteiger partial charge in [0.15, 0.2) is 0 Å². The van der Waals surface area contributed by atoms with Gasteiger partial charge in [0.2, 0.25) is 0 Å². The SMILES string of the molecule is CCCCn1c(N2CC(C)CC(C)C2)c(/C=C2\SC(=S)N(CC(C)C)C2=O)c(C)c(C#N)c1=O. The van der Waals surface area contributed by atoms with Gasteiger partial charge in [-0.3, -0.25) is 19.1 Å². The Labute approximate surface area is 213 Å². The molecule has 2 fully saturated rings. The lowest BCUT2D eigenvalue weighted by Crippen LogP contribution is -2.43. The average Bonchev–Trinajstić information content (AvgIpc) is 3.01. The smallest absolute Gasteiger partial charge is 0.270 e. The van der Waals surface area contributed by atoms with Gasteiger partial charge in [-0.1, -0.05) is 65.0 Å². The molecule has 2 aliphatic rings. The maximum atomic E-state index is 13.4. The minimum atomic E-state index is -0.237. The van der Waals surface area contributed by atoms with Crippen LogP contribution in [0.1, 0.15) is 70.6 Å². The number of carbonyl (C=O) groups is 1. The minimum absolute atomic E-state index is 0.0979. The van der Waals surface area contributed by atoms with Crippen LogP contribution in [0.25, 0.3) is 6.08 Å². The molecule has 34 heavy (non-hydrogen) atoms. The molecule has 2 aliphatic heterocycles. The lowest BCUT2D eigenvalue weighted by atomic mass is 9.91. The summed E-state index contributed by atoms with van der Waals surface area (Å²) in [7, 11) is 0. The van der Waals surface area contributed by atoms with Gasteiger partial charge < -0.3 is 4.90 Å². The molecule has 0 aromatic carbocycles. The molecular formula is C26H36N4O2S2. The van der Waals surface area contributed by atoms with E-state index in [-0.39, 0.29) is 17.0 Å². The van der Waals surface area contributed by atoms with Crippen LogP contribution < -0.4 is 10.5 Å². The molecule has 8 heteroatoms. The summed E-state index contributed by atoms with van der Waals surface area (Å²) in [5, 5.41) is 9.86. The van der Waals surface area contributed by atoms with Gasteiger partial charge in [0.05, 0.1) is 4.91 Å². The number of hydrogen-bond donors (Lipinski definition) is 0. The second-order valence-electron chi connectivity index (χ2n) is 10.2. The summed E-state index contributed by atoms with van der Waals surface area (Å²) in [5.74, 6) is 2.02. The highest BCUT2D eigenvalue weighted by atomic mass is 32.2. The fraction of sp³-hybridized carbons (Fsp3) is 0.615. The van der Waals surface area contributed by atoms with Crippen molar-refractivity contribution in [3.8, 4) is 6.07 Å². The van der Waals surface area contributed by atoms with Crippen molar-refractivity contribution in [2.45, 2.75) is 67.3 Å². The topological polar surface area (TPSA) is 69.3 Å². The van der Waals surface area contributed by atoms with Gasteiger partial charge in [0, 0.05) is 31.7 Å². The third-order valence-electron chi connectivity index (χ3n) is 6.45. The first-order chi connectivity index (χ1) is 16.1. The molecule has 184 valence electrons. The molecule has 0 N–H and O–H groups in total. The molecule has 0 saturated carbocycles. The monoisotopic (exact) mass is 500 g/mol. The first-order valence-electron chi connectivity index (χ1n) is 12.3. The van der Waals surface area contributed by atoms with Crippen LogP contribution in [-0.4, -0.2) is 39.3 Å². The number of nitrogens with zero attached hydrogens (tertiary/aromatic N) is 4. The van der Waals surface area contributed by atoms with Crippen molar-refractivity contribution in [1.82, 2.24) is 9.47 Å². The van der Waals surface area contributed by atoms with Crippen LogP contribution >= 0.6 is 24.0 Å². The number of unbranched alkanes of at least 4 members (excludes halogenated alkanes) is 1. The second-order valence-corrected chi connectivity index (χ2v) is 11.9. The molecule has 2 unspecified atom stereocenters. The van der Waals surface area contributed by atoms with Crippen molar-refractivity contribution < 1.29 is 4.79 Å². The number of pyridine rings is 1. The van der Waals surface area contributed by atoms with E-state index >= 15 is 0 Å². The maximum Gasteiger partial charge on any atom is 0.270 e. The van der Waals surface area contributed by atoms with Crippen LogP contribution in [0.3, 0.4) is 0 Å². The zero-order valence-electron chi connectivity index (χ0n) is 21.2. The van der Waals surface area contributed by atoms with Crippen LogP contribution in [-0.2, 0) is 11.3 Å². The van der Waals surface area contributed by atoms with E-state index in [4.69, 9.17) is 12.2 Å². The highest BCUT2D eigenvalue weighted by molar-refractivity contribution is 8.26. The molecule has 0 aliphatic carbocycles. The predicted octanol–water partition coefficient (Wildman–Crippen LogP) is 5.17. The number of anilines is 1. The Balaban J connectivity index is 2.24. The molecule has 0 radical (unpaired) electrons. The average molecular weight is 501 g/mol. The summed E-state index contributed by atoms with van der Waals surface area (Å²) in [4.78, 5) is 31.2. The van der Waals surface area contributed by atoms with E-state index in [1.54, 1.807) is 9.47 Å². The number of hydrogen-bond acceptors (Lipinski definition) is 6. The molecule has 2 saturated heterocycles. The molecule has 1 aromatic rings. The molecule has 6 nitrogen and oxygen atoms in total. The highest BCUT2D eigenvalue weighted by Crippen LogP contribution is 2.37. The molecular weight excluding hydrogens is 464 g/mol. The highest BCUT2D eigenvalue weighted by Gasteiger charge is 2.34. The lowest BCUT2D eigenvalue weighted by molar-refractivity contribution is -0.122. The number of rotatable bonds is 7. The van der Waals surface area contributed by atoms with Crippen molar-refractivity contribution in [2.75, 3.05) is 24.5 Å². The quantitative estimate of drug-likeness (QED) is 0.380. The van der Waals surface area contributed by atoms with E-state index in [2.05, 4.69) is 45.6 Å². The summed E-state index contributed by atoms with van der Waals surface area (Å²) in [6, 6.07) is 2.14. The van der Waals surface area contributed by atoms with Gasteiger partial charge in [-0.15, -0.1) is 0 Å². The van der Waals surface area contributed by atoms with Gasteiger partial charge in [-0.2, -0.15) is 5.26 Å². The van der Waals surface area contributed by atoms with Gasteiger partial charge in [0.25, 0.3) is 11.5 Å². The van der Waals surface area contributed by atoms with E-state index in [1.165, 1.54) is 11.8 Å². The third-order valence-corrected chi connectivity index (χ3v) is 7.82. The Morgan fingerprint density at radius 3 is 2.44 bits per heavy atom. The number of piperidine rings is 1. The Hall–Kier alpha value is -2.11. The lowest BCUT2D eigenvalue weighted by Gasteiger charge is -2.39. The van der Waals surface area contributed by atoms with E-state index in [1.807, 2.05) is 13.0 Å². The Bertz CT molecular complexity index is 1090. The maximum absolute atomic E-state index is 13.4. The van der Waals surface area contributed by atoms with E-state index < -0.39 is 0 Å². The van der Waals surface area contributed by atoms with Gasteiger partial charge in [0.1, 0.15) is 21.8 Å². The summed E-state index contributed by atoms with van der Waals surface area (Å²) in [6.07, 6.45) is 4.80. The van der Waals surface area contributed by atoms with Crippen molar-refractivity contribution in [1.29, 1.82) is 5.26 Å². The summed E-state index contributed by atoms with van der Waals surface area (Å²) < 4.78 is 2.34. The zero-order valence-corrected chi connectivity index (χ0v) is 22.8. The molecule has 2 atom stereocenters. The second kappa shape index (κ2) is 11.1. The van der Waals surface area contributed by atoms with E-state index in [9.17, 15) is 14.9 Å². The summed E-state index contributed by atoms with van der Waals surface area (Å²) in [5.41, 5.74) is 1.34. The van der Waals surface area contributed by atoms with Gasteiger partial charge in [-0.05, 0) is 49.2 Å². The van der Waals surface area contributed by atoms with Crippen LogP contribution in [0.5, 0.6) is 0 Å². The molecule has 3 heterocycles. The van der Waals surface area contributed by atoms with Crippen LogP contribution in [0, 0.1) is 36.0 Å². The van der Waals surface area contributed by atoms with Crippen LogP contribution in [0.15, 0.2) is 9.70 Å². The normalized spacial score (nSPS) is 22.2. The molecule has 0 spiro atoms. The standard InChI is InChI=1S/C26H36N4O2S2/c1-7-8-9-29-23(28-14-17(4)10-18(5)15-28)20(19(6)21(12-27)24(29)31)11-22-25(32)30(13-16(2)3)26(33)34-22/h11,16-18H,7-10,13-15H2,1-6H3/b22-11-. The van der Waals surface area contributed by atoms with Crippen LogP contribution in [0.2, 0.25) is 0 Å². The van der Waals surface area contributed by atoms with Gasteiger partial charge in [-0.25, -0.2) is 0 Å². The van der Waals surface area contributed by atoms with Crippen molar-refractivity contribution in [3.05, 3.63) is 31.9 Å². The van der Waals surface area contributed by atoms with Crippen molar-refractivity contribution in [3.63, 3.8) is 0 Å². The summed E-state index contributed by atoms with van der Waals surface area (Å²) >= 11 is 6.82. The van der Waals surface area contributed by atoms with Gasteiger partial charge >= 0.3 is 0 Å². The molecule has 0 bridgehead atoms. The first kappa shape index (κ1) is 26.5. The largest absolute Gasteiger partial charge is 0.357 e. The molecule has 1 aromatic heterocycles. The molecule has 1 amide bonds. The van der Waals surface area contributed by atoms with Crippen molar-refractivity contribution >= 4 is 46.1 Å². The third kappa shape index (κ3) is 5.41. The number of aromatic nitrogens is 1. The fourth-order valence-electron chi connectivity index (χ4n) is 5.00. The van der Waals surface area contributed by atoms with E-state index in [0.717, 1.165) is 43.7 Å². The number of amides is 1. The Morgan fingerprint density at radius 1 is 1.24 bits per heavy atom. The first-order valence-corrected chi connectivity index (χ1v) is 13.5. The number of carbonyl (C=O) groups excluding carboxylic acids is 1. The number of thiocarbonyl (C=S) groups is 1. The summed E-state index contributed by atoms with van der Waals surface area (Å²) in [6.45, 7) is 15.3. The Kier molecular flexibility index (Phi) is 8.64. The predicted molar refractivity (Wildman–Crippen MR) is 145 cm³/mol. The Morgan fingerprint density at radius 2 is 1.88 bits per heavy atom. The zero-order chi connectivity index (χ0) is 25.2. The van der Waals surface area contributed by atoms with Crippen LogP contribution in [0.4, 0.5) is 5.82 Å².